The highest BCUT2D eigenvalue weighted by atomic mass is 16.5. The quantitative estimate of drug-likeness (QED) is 0.357. The van der Waals surface area contributed by atoms with Crippen molar-refractivity contribution in [3.05, 3.63) is 16.2 Å². The molecule has 154 valence electrons. The second-order valence-corrected chi connectivity index (χ2v) is 6.84. The van der Waals surface area contributed by atoms with Crippen molar-refractivity contribution in [2.24, 2.45) is 0 Å². The van der Waals surface area contributed by atoms with Gasteiger partial charge in [0.25, 0.3) is 0 Å². The van der Waals surface area contributed by atoms with E-state index in [9.17, 15) is 19.5 Å². The Morgan fingerprint density at radius 1 is 1.00 bits per heavy atom. The molecular formula is C20H34N2O5. The van der Waals surface area contributed by atoms with Crippen LogP contribution in [0.5, 0.6) is 5.88 Å². The van der Waals surface area contributed by atoms with Gasteiger partial charge in [-0.2, -0.15) is 0 Å². The standard InChI is InChI=1S/C20H34N2O5/c1-3-5-8-11-16(23)14-15-22-17(19(25)21-20(22)26)12-9-6-7-10-13-18(24)27-4-2/h25H,3-15H2,1-2H3,(H,21,26). The number of nitrogens with one attached hydrogen (secondary N) is 1. The molecule has 0 saturated carbocycles. The Hall–Kier alpha value is -2.05. The fourth-order valence-corrected chi connectivity index (χ4v) is 3.06. The number of aromatic amines is 1. The van der Waals surface area contributed by atoms with E-state index in [1.807, 2.05) is 0 Å². The summed E-state index contributed by atoms with van der Waals surface area (Å²) in [6, 6.07) is 0. The van der Waals surface area contributed by atoms with E-state index in [4.69, 9.17) is 4.74 Å². The van der Waals surface area contributed by atoms with Crippen molar-refractivity contribution in [3.8, 4) is 5.88 Å². The maximum absolute atomic E-state index is 12.0. The number of rotatable bonds is 15. The fourth-order valence-electron chi connectivity index (χ4n) is 3.06. The molecule has 0 unspecified atom stereocenters. The van der Waals surface area contributed by atoms with E-state index in [-0.39, 0.29) is 23.3 Å². The molecule has 0 amide bonds. The molecule has 0 fully saturated rings. The first-order valence-electron chi connectivity index (χ1n) is 10.2. The number of hydrogen-bond acceptors (Lipinski definition) is 5. The summed E-state index contributed by atoms with van der Waals surface area (Å²) in [5.74, 6) is -0.121. The van der Waals surface area contributed by atoms with E-state index in [0.29, 0.717) is 44.5 Å². The average Bonchev–Trinajstić information content (AvgIpc) is 2.89. The van der Waals surface area contributed by atoms with Crippen LogP contribution in [0.4, 0.5) is 0 Å². The number of nitrogens with zero attached hydrogens (tertiary/aromatic N) is 1. The van der Waals surface area contributed by atoms with Gasteiger partial charge in [-0.1, -0.05) is 32.6 Å². The monoisotopic (exact) mass is 382 g/mol. The second-order valence-electron chi connectivity index (χ2n) is 6.84. The molecule has 0 bridgehead atoms. The minimum Gasteiger partial charge on any atom is -0.493 e. The predicted octanol–water partition coefficient (Wildman–Crippen LogP) is 3.48. The van der Waals surface area contributed by atoms with Gasteiger partial charge in [0.15, 0.2) is 0 Å². The van der Waals surface area contributed by atoms with Gasteiger partial charge in [-0.3, -0.25) is 19.1 Å². The zero-order valence-corrected chi connectivity index (χ0v) is 16.7. The third kappa shape index (κ3) is 8.93. The van der Waals surface area contributed by atoms with Crippen molar-refractivity contribution in [1.29, 1.82) is 0 Å². The number of aromatic nitrogens is 2. The first kappa shape index (κ1) is 23.0. The number of aromatic hydroxyl groups is 1. The number of ketones is 1. The van der Waals surface area contributed by atoms with Crippen LogP contribution in [0, 0.1) is 0 Å². The lowest BCUT2D eigenvalue weighted by atomic mass is 10.1. The molecule has 7 heteroatoms. The molecule has 1 aromatic rings. The molecule has 0 aliphatic heterocycles. The van der Waals surface area contributed by atoms with Crippen molar-refractivity contribution in [1.82, 2.24) is 9.55 Å². The Kier molecular flexibility index (Phi) is 11.2. The third-order valence-electron chi connectivity index (χ3n) is 4.59. The number of imidazole rings is 1. The van der Waals surface area contributed by atoms with Crippen molar-refractivity contribution in [2.75, 3.05) is 6.61 Å². The third-order valence-corrected chi connectivity index (χ3v) is 4.59. The van der Waals surface area contributed by atoms with Crippen LogP contribution in [0.2, 0.25) is 0 Å². The van der Waals surface area contributed by atoms with Crippen LogP contribution in [0.3, 0.4) is 0 Å². The molecule has 1 aromatic heterocycles. The van der Waals surface area contributed by atoms with Crippen LogP contribution in [0.15, 0.2) is 4.79 Å². The zero-order chi connectivity index (χ0) is 20.1. The van der Waals surface area contributed by atoms with Crippen LogP contribution in [-0.2, 0) is 27.3 Å². The molecule has 0 saturated heterocycles. The Morgan fingerprint density at radius 3 is 2.41 bits per heavy atom. The molecule has 0 aliphatic rings. The minimum absolute atomic E-state index is 0.107. The summed E-state index contributed by atoms with van der Waals surface area (Å²) in [4.78, 5) is 37.6. The van der Waals surface area contributed by atoms with E-state index in [0.717, 1.165) is 44.9 Å². The van der Waals surface area contributed by atoms with E-state index >= 15 is 0 Å². The largest absolute Gasteiger partial charge is 0.493 e. The van der Waals surface area contributed by atoms with Gasteiger partial charge in [0.1, 0.15) is 5.78 Å². The summed E-state index contributed by atoms with van der Waals surface area (Å²) >= 11 is 0. The van der Waals surface area contributed by atoms with Gasteiger partial charge in [-0.15, -0.1) is 0 Å². The van der Waals surface area contributed by atoms with E-state index in [1.54, 1.807) is 6.92 Å². The number of carbonyl (C=O) groups excluding carboxylic acids is 2. The SMILES string of the molecule is CCCCCC(=O)CCn1c(CCCCCCC(=O)OCC)c(O)[nH]c1=O. The molecule has 27 heavy (non-hydrogen) atoms. The number of Topliss-reactive ketones (excluding diaryl/α,β-unsaturated/α-hetero) is 1. The predicted molar refractivity (Wildman–Crippen MR) is 104 cm³/mol. The molecule has 0 aliphatic carbocycles. The van der Waals surface area contributed by atoms with Gasteiger partial charge in [0.2, 0.25) is 5.88 Å². The Balaban J connectivity index is 2.39. The topological polar surface area (TPSA) is 101 Å². The number of carbonyl (C=O) groups is 2. The lowest BCUT2D eigenvalue weighted by Gasteiger charge is -2.08. The van der Waals surface area contributed by atoms with Crippen LogP contribution in [-0.4, -0.2) is 33.0 Å². The first-order valence-corrected chi connectivity index (χ1v) is 10.2. The molecule has 7 nitrogen and oxygen atoms in total. The van der Waals surface area contributed by atoms with E-state index in [1.165, 1.54) is 4.57 Å². The van der Waals surface area contributed by atoms with Crippen molar-refractivity contribution >= 4 is 11.8 Å². The molecule has 0 atom stereocenters. The molecule has 0 spiro atoms. The Morgan fingerprint density at radius 2 is 1.70 bits per heavy atom. The van der Waals surface area contributed by atoms with Crippen LogP contribution in [0.1, 0.15) is 83.7 Å². The van der Waals surface area contributed by atoms with Gasteiger partial charge in [-0.05, 0) is 32.6 Å². The van der Waals surface area contributed by atoms with Crippen LogP contribution >= 0.6 is 0 Å². The highest BCUT2D eigenvalue weighted by Gasteiger charge is 2.14. The lowest BCUT2D eigenvalue weighted by molar-refractivity contribution is -0.143. The smallest absolute Gasteiger partial charge is 0.328 e. The molecule has 2 N–H and O–H groups in total. The second kappa shape index (κ2) is 13.2. The van der Waals surface area contributed by atoms with Crippen molar-refractivity contribution in [2.45, 2.75) is 91.0 Å². The first-order chi connectivity index (χ1) is 13.0. The van der Waals surface area contributed by atoms with Gasteiger partial charge >= 0.3 is 11.7 Å². The number of H-pyrrole nitrogens is 1. The average molecular weight is 383 g/mol. The van der Waals surface area contributed by atoms with Crippen molar-refractivity contribution < 1.29 is 19.4 Å². The Labute approximate surface area is 161 Å². The molecule has 0 aromatic carbocycles. The minimum atomic E-state index is -0.369. The van der Waals surface area contributed by atoms with E-state index < -0.39 is 0 Å². The van der Waals surface area contributed by atoms with Gasteiger partial charge in [0, 0.05) is 25.8 Å². The summed E-state index contributed by atoms with van der Waals surface area (Å²) in [6.07, 6.45) is 8.22. The number of esters is 1. The van der Waals surface area contributed by atoms with Gasteiger partial charge in [-0.25, -0.2) is 4.79 Å². The maximum Gasteiger partial charge on any atom is 0.328 e. The zero-order valence-electron chi connectivity index (χ0n) is 16.7. The molecule has 1 heterocycles. The summed E-state index contributed by atoms with van der Waals surface area (Å²) in [5, 5.41) is 9.96. The van der Waals surface area contributed by atoms with Crippen molar-refractivity contribution in [3.63, 3.8) is 0 Å². The fraction of sp³-hybridized carbons (Fsp3) is 0.750. The van der Waals surface area contributed by atoms with Crippen LogP contribution in [0.25, 0.3) is 0 Å². The summed E-state index contributed by atoms with van der Waals surface area (Å²) < 4.78 is 6.37. The summed E-state index contributed by atoms with van der Waals surface area (Å²) in [7, 11) is 0. The highest BCUT2D eigenvalue weighted by Crippen LogP contribution is 2.17. The number of hydrogen-bond donors (Lipinski definition) is 2. The summed E-state index contributed by atoms with van der Waals surface area (Å²) in [5.41, 5.74) is 0.193. The molecule has 0 radical (unpaired) electrons. The summed E-state index contributed by atoms with van der Waals surface area (Å²) in [6.45, 7) is 4.60. The van der Waals surface area contributed by atoms with Gasteiger partial charge < -0.3 is 9.84 Å². The molecule has 1 rings (SSSR count). The normalized spacial score (nSPS) is 10.9. The number of unbranched alkanes of at least 4 members (excludes halogenated alkanes) is 5. The van der Waals surface area contributed by atoms with E-state index in [2.05, 4.69) is 11.9 Å². The van der Waals surface area contributed by atoms with Gasteiger partial charge in [0.05, 0.1) is 12.3 Å². The molecular weight excluding hydrogens is 348 g/mol. The lowest BCUT2D eigenvalue weighted by Crippen LogP contribution is -2.20. The van der Waals surface area contributed by atoms with Crippen LogP contribution < -0.4 is 5.69 Å². The highest BCUT2D eigenvalue weighted by molar-refractivity contribution is 5.78. The Bertz CT molecular complexity index is 633. The number of ether oxygens (including phenoxy) is 1. The maximum atomic E-state index is 12.0.